The maximum Gasteiger partial charge on any atom is 0.271 e. The Morgan fingerprint density at radius 1 is 1.15 bits per heavy atom. The molecule has 2 aliphatic rings. The van der Waals surface area contributed by atoms with Gasteiger partial charge in [0.2, 0.25) is 17.7 Å². The maximum absolute atomic E-state index is 13.4. The van der Waals surface area contributed by atoms with Crippen LogP contribution in [0.5, 0.6) is 0 Å². The van der Waals surface area contributed by atoms with E-state index in [0.29, 0.717) is 31.5 Å². The van der Waals surface area contributed by atoms with Gasteiger partial charge < -0.3 is 31.2 Å². The number of hydrogen-bond acceptors (Lipinski definition) is 4. The average molecular weight is 476 g/mol. The second kappa shape index (κ2) is 11.5. The van der Waals surface area contributed by atoms with Gasteiger partial charge in [-0.05, 0) is 37.3 Å². The molecule has 2 fully saturated rings. The summed E-state index contributed by atoms with van der Waals surface area (Å²) in [7, 11) is 1.78. The van der Waals surface area contributed by atoms with Gasteiger partial charge in [0, 0.05) is 44.6 Å². The molecular weight excluding hydrogens is 436 g/mol. The first-order valence-electron chi connectivity index (χ1n) is 12.3. The summed E-state index contributed by atoms with van der Waals surface area (Å²) in [6.07, 6.45) is 4.74. The lowest BCUT2D eigenvalue weighted by atomic mass is 9.92. The van der Waals surface area contributed by atoms with Crippen molar-refractivity contribution in [1.82, 2.24) is 20.1 Å². The van der Waals surface area contributed by atoms with Crippen LogP contribution in [0.3, 0.4) is 0 Å². The van der Waals surface area contributed by atoms with Gasteiger partial charge in [0.1, 0.15) is 17.8 Å². The molecule has 34 heavy (non-hydrogen) atoms. The number of nitrogens with two attached hydrogens (primary N) is 2. The van der Waals surface area contributed by atoms with E-state index in [1.165, 1.54) is 0 Å². The third-order valence-corrected chi connectivity index (χ3v) is 6.85. The van der Waals surface area contributed by atoms with Crippen LogP contribution in [0.1, 0.15) is 56.4 Å². The van der Waals surface area contributed by atoms with E-state index in [9.17, 15) is 19.2 Å². The molecule has 0 radical (unpaired) electrons. The van der Waals surface area contributed by atoms with Crippen LogP contribution < -0.4 is 21.7 Å². The van der Waals surface area contributed by atoms with Gasteiger partial charge in [0.05, 0.1) is 13.1 Å². The Labute approximate surface area is 201 Å². The van der Waals surface area contributed by atoms with Gasteiger partial charge in [0.15, 0.2) is 0 Å². The van der Waals surface area contributed by atoms with E-state index in [4.69, 9.17) is 5.73 Å². The molecule has 188 valence electrons. The number of carbonyl (C=O) groups excluding carboxylic acids is 4. The van der Waals surface area contributed by atoms with Crippen LogP contribution in [0, 0.1) is 11.8 Å². The molecule has 0 aromatic carbocycles. The van der Waals surface area contributed by atoms with E-state index in [1.54, 1.807) is 34.8 Å². The number of quaternary nitrogens is 1. The molecule has 2 saturated heterocycles. The first-order valence-corrected chi connectivity index (χ1v) is 12.3. The van der Waals surface area contributed by atoms with Crippen molar-refractivity contribution in [3.8, 4) is 0 Å². The summed E-state index contributed by atoms with van der Waals surface area (Å²) in [6.45, 7) is 6.11. The zero-order chi connectivity index (χ0) is 24.8. The smallest absolute Gasteiger partial charge is 0.271 e. The summed E-state index contributed by atoms with van der Waals surface area (Å²) in [5.41, 5.74) is 6.01. The van der Waals surface area contributed by atoms with Crippen LogP contribution >= 0.6 is 0 Å². The average Bonchev–Trinajstić information content (AvgIpc) is 3.24. The van der Waals surface area contributed by atoms with E-state index < -0.39 is 23.9 Å². The van der Waals surface area contributed by atoms with Gasteiger partial charge in [-0.3, -0.25) is 19.2 Å². The number of piperidine rings is 2. The van der Waals surface area contributed by atoms with Crippen LogP contribution in [-0.4, -0.2) is 70.9 Å². The predicted molar refractivity (Wildman–Crippen MR) is 126 cm³/mol. The molecular formula is C24H39N6O4+. The number of aromatic nitrogens is 1. The molecule has 2 aliphatic heterocycles. The van der Waals surface area contributed by atoms with Gasteiger partial charge in [-0.1, -0.05) is 13.8 Å². The molecule has 10 heteroatoms. The number of carbonyl (C=O) groups is 4. The first-order chi connectivity index (χ1) is 16.2. The molecule has 0 saturated carbocycles. The minimum absolute atomic E-state index is 0.00871. The number of rotatable bonds is 8. The van der Waals surface area contributed by atoms with Crippen LogP contribution in [0.25, 0.3) is 0 Å². The fourth-order valence-corrected chi connectivity index (χ4v) is 4.91. The number of nitrogens with zero attached hydrogens (tertiary/aromatic N) is 2. The largest absolute Gasteiger partial charge is 0.368 e. The van der Waals surface area contributed by atoms with E-state index >= 15 is 0 Å². The molecule has 0 bridgehead atoms. The van der Waals surface area contributed by atoms with Gasteiger partial charge >= 0.3 is 0 Å². The molecule has 0 spiro atoms. The summed E-state index contributed by atoms with van der Waals surface area (Å²) in [5, 5.41) is 8.10. The van der Waals surface area contributed by atoms with Crippen molar-refractivity contribution in [2.24, 2.45) is 24.6 Å². The quantitative estimate of drug-likeness (QED) is 0.386. The molecule has 0 unspecified atom stereocenters. The topological polar surface area (TPSA) is 143 Å². The lowest BCUT2D eigenvalue weighted by Gasteiger charge is -2.39. The monoisotopic (exact) mass is 475 g/mol. The van der Waals surface area contributed by atoms with Crippen LogP contribution in [0.2, 0.25) is 0 Å². The maximum atomic E-state index is 13.4. The number of nitrogens with one attached hydrogen (secondary N) is 2. The highest BCUT2D eigenvalue weighted by Gasteiger charge is 2.39. The second-order valence-electron chi connectivity index (χ2n) is 9.98. The lowest BCUT2D eigenvalue weighted by molar-refractivity contribution is -0.664. The number of amides is 4. The molecule has 0 aliphatic carbocycles. The number of likely N-dealkylation sites (tertiary alicyclic amines) is 1. The van der Waals surface area contributed by atoms with E-state index in [2.05, 4.69) is 16.0 Å². The van der Waals surface area contributed by atoms with Gasteiger partial charge in [-0.15, -0.1) is 0 Å². The highest BCUT2D eigenvalue weighted by atomic mass is 16.2. The molecule has 3 heterocycles. The Hall–Kier alpha value is -2.88. The summed E-state index contributed by atoms with van der Waals surface area (Å²) < 4.78 is 1.72. The molecule has 10 nitrogen and oxygen atoms in total. The van der Waals surface area contributed by atoms with Crippen LogP contribution in [-0.2, 0) is 21.4 Å². The summed E-state index contributed by atoms with van der Waals surface area (Å²) >= 11 is 0. The van der Waals surface area contributed by atoms with Crippen molar-refractivity contribution < 1.29 is 24.5 Å². The van der Waals surface area contributed by atoms with Gasteiger partial charge in [-0.2, -0.15) is 0 Å². The molecule has 1 aromatic rings. The van der Waals surface area contributed by atoms with Crippen molar-refractivity contribution in [3.05, 3.63) is 24.0 Å². The van der Waals surface area contributed by atoms with Crippen LogP contribution in [0.4, 0.5) is 0 Å². The summed E-state index contributed by atoms with van der Waals surface area (Å²) in [4.78, 5) is 53.0. The third-order valence-electron chi connectivity index (χ3n) is 6.85. The Morgan fingerprint density at radius 3 is 2.44 bits per heavy atom. The second-order valence-corrected chi connectivity index (χ2v) is 9.98. The fraction of sp³-hybridized carbons (Fsp3) is 0.667. The molecule has 3 rings (SSSR count). The standard InChI is InChI=1S/C24H38N6O4/c1-15(2)13-18(21(25)31)28-23(33)20-14-17(27-22(32)16-6-9-26-10-7-16)8-12-30(20)24(34)19-5-4-11-29(19)3/h4-5,11,15-18,20,26H,6-10,12-14H2,1-3H3,(H2,25,31)(H,27,32)(H,28,33)/p+1/t17-,18+,20-/m0/s1. The molecule has 1 aromatic heterocycles. The predicted octanol–water partition coefficient (Wildman–Crippen LogP) is -0.896. The van der Waals surface area contributed by atoms with E-state index in [0.717, 1.165) is 25.9 Å². The zero-order valence-electron chi connectivity index (χ0n) is 20.5. The highest BCUT2D eigenvalue weighted by molar-refractivity contribution is 5.97. The molecule has 6 N–H and O–H groups in total. The number of primary amides is 1. The van der Waals surface area contributed by atoms with Crippen molar-refractivity contribution in [2.45, 2.75) is 64.1 Å². The highest BCUT2D eigenvalue weighted by Crippen LogP contribution is 2.22. The molecule has 3 atom stereocenters. The number of aryl methyl sites for hydroxylation is 1. The zero-order valence-corrected chi connectivity index (χ0v) is 20.5. The first kappa shape index (κ1) is 25.7. The third kappa shape index (κ3) is 6.37. The summed E-state index contributed by atoms with van der Waals surface area (Å²) in [5.74, 6) is -1.10. The van der Waals surface area contributed by atoms with Crippen molar-refractivity contribution in [1.29, 1.82) is 0 Å². The van der Waals surface area contributed by atoms with Crippen molar-refractivity contribution in [2.75, 3.05) is 19.6 Å². The fourth-order valence-electron chi connectivity index (χ4n) is 4.91. The van der Waals surface area contributed by atoms with Crippen molar-refractivity contribution in [3.63, 3.8) is 0 Å². The normalized spacial score (nSPS) is 22.3. The number of hydrogen-bond donors (Lipinski definition) is 4. The summed E-state index contributed by atoms with van der Waals surface area (Å²) in [6, 6.07) is 1.66. The van der Waals surface area contributed by atoms with Gasteiger partial charge in [-0.25, -0.2) is 0 Å². The SMILES string of the molecule is CC(C)C[C@@H](NC(=O)[C@@H]1C[C@@H](NC(=O)C2CC[NH2+]CC2)CCN1C(=O)c1cccn1C)C(N)=O. The Kier molecular flexibility index (Phi) is 8.71. The van der Waals surface area contributed by atoms with Gasteiger partial charge in [0.25, 0.3) is 5.91 Å². The van der Waals surface area contributed by atoms with E-state index in [-0.39, 0.29) is 29.7 Å². The van der Waals surface area contributed by atoms with Crippen LogP contribution in [0.15, 0.2) is 18.3 Å². The molecule has 4 amide bonds. The minimum Gasteiger partial charge on any atom is -0.368 e. The van der Waals surface area contributed by atoms with E-state index in [1.807, 2.05) is 13.8 Å². The Bertz CT molecular complexity index is 892. The Balaban J connectivity index is 1.76. The Morgan fingerprint density at radius 2 is 1.85 bits per heavy atom. The van der Waals surface area contributed by atoms with Crippen molar-refractivity contribution >= 4 is 23.6 Å². The lowest BCUT2D eigenvalue weighted by Crippen LogP contribution is -2.86. The minimum atomic E-state index is -0.812.